The van der Waals surface area contributed by atoms with E-state index < -0.39 is 0 Å². The summed E-state index contributed by atoms with van der Waals surface area (Å²) in [4.78, 5) is 10.6. The first-order valence-corrected chi connectivity index (χ1v) is 6.01. The number of hydrogen-bond acceptors (Lipinski definition) is 4. The third-order valence-electron chi connectivity index (χ3n) is 3.02. The summed E-state index contributed by atoms with van der Waals surface area (Å²) in [5.41, 5.74) is 0.859. The van der Waals surface area contributed by atoms with Crippen LogP contribution in [0.25, 0.3) is 0 Å². The van der Waals surface area contributed by atoms with Crippen molar-refractivity contribution in [3.05, 3.63) is 23.2 Å². The molecular formula is C11H17ClN4. The van der Waals surface area contributed by atoms with E-state index in [1.165, 1.54) is 12.8 Å². The molecule has 0 aromatic carbocycles. The SMILES string of the molecule is CN(Cc1nccnc1Cl)[C@H]1CCCNC1. The molecule has 2 heterocycles. The molecule has 4 nitrogen and oxygen atoms in total. The van der Waals surface area contributed by atoms with E-state index in [1.807, 2.05) is 0 Å². The summed E-state index contributed by atoms with van der Waals surface area (Å²) in [6.07, 6.45) is 5.78. The molecule has 0 aliphatic carbocycles. The summed E-state index contributed by atoms with van der Waals surface area (Å²) in [6.45, 7) is 2.95. The van der Waals surface area contributed by atoms with Gasteiger partial charge in [-0.3, -0.25) is 9.88 Å². The molecule has 0 saturated carbocycles. The van der Waals surface area contributed by atoms with Gasteiger partial charge >= 0.3 is 0 Å². The largest absolute Gasteiger partial charge is 0.315 e. The normalized spacial score (nSPS) is 21.3. The van der Waals surface area contributed by atoms with Gasteiger partial charge in [0.15, 0.2) is 5.15 Å². The van der Waals surface area contributed by atoms with Crippen molar-refractivity contribution in [3.63, 3.8) is 0 Å². The second kappa shape index (κ2) is 5.57. The van der Waals surface area contributed by atoms with Gasteiger partial charge in [-0.2, -0.15) is 0 Å². The maximum absolute atomic E-state index is 5.99. The van der Waals surface area contributed by atoms with Gasteiger partial charge in [-0.15, -0.1) is 0 Å². The molecule has 1 fully saturated rings. The monoisotopic (exact) mass is 240 g/mol. The minimum absolute atomic E-state index is 0.512. The van der Waals surface area contributed by atoms with Gasteiger partial charge in [0, 0.05) is 31.5 Å². The molecule has 2 rings (SSSR count). The number of nitrogens with one attached hydrogen (secondary N) is 1. The summed E-state index contributed by atoms with van der Waals surface area (Å²) >= 11 is 5.99. The Morgan fingerprint density at radius 3 is 3.00 bits per heavy atom. The first-order valence-electron chi connectivity index (χ1n) is 5.63. The molecule has 1 atom stereocenters. The predicted octanol–water partition coefficient (Wildman–Crippen LogP) is 1.31. The molecule has 1 aliphatic heterocycles. The zero-order valence-corrected chi connectivity index (χ0v) is 10.2. The minimum atomic E-state index is 0.512. The molecule has 1 N–H and O–H groups in total. The smallest absolute Gasteiger partial charge is 0.151 e. The molecule has 88 valence electrons. The Balaban J connectivity index is 1.96. The molecule has 5 heteroatoms. The number of piperidine rings is 1. The van der Waals surface area contributed by atoms with E-state index in [2.05, 4.69) is 27.2 Å². The average Bonchev–Trinajstić information content (AvgIpc) is 2.33. The number of hydrogen-bond donors (Lipinski definition) is 1. The lowest BCUT2D eigenvalue weighted by Gasteiger charge is -2.31. The van der Waals surface area contributed by atoms with Crippen LogP contribution < -0.4 is 5.32 Å². The minimum Gasteiger partial charge on any atom is -0.315 e. The van der Waals surface area contributed by atoms with Crippen molar-refractivity contribution >= 4 is 11.6 Å². The lowest BCUT2D eigenvalue weighted by atomic mass is 10.1. The van der Waals surface area contributed by atoms with Gasteiger partial charge in [0.05, 0.1) is 5.69 Å². The van der Waals surface area contributed by atoms with Crippen molar-refractivity contribution in [2.45, 2.75) is 25.4 Å². The lowest BCUT2D eigenvalue weighted by molar-refractivity contribution is 0.194. The van der Waals surface area contributed by atoms with Gasteiger partial charge in [0.2, 0.25) is 0 Å². The van der Waals surface area contributed by atoms with Crippen molar-refractivity contribution in [2.24, 2.45) is 0 Å². The predicted molar refractivity (Wildman–Crippen MR) is 64.4 cm³/mol. The van der Waals surface area contributed by atoms with Gasteiger partial charge < -0.3 is 5.32 Å². The van der Waals surface area contributed by atoms with Gasteiger partial charge in [-0.1, -0.05) is 11.6 Å². The molecular weight excluding hydrogens is 224 g/mol. The van der Waals surface area contributed by atoms with Crippen LogP contribution in [0.3, 0.4) is 0 Å². The standard InChI is InChI=1S/C11H17ClN4/c1-16(9-3-2-4-13-7-9)8-10-11(12)15-6-5-14-10/h5-6,9,13H,2-4,7-8H2,1H3/t9-/m0/s1. The van der Waals surface area contributed by atoms with E-state index in [4.69, 9.17) is 11.6 Å². The molecule has 1 aliphatic rings. The van der Waals surface area contributed by atoms with Crippen molar-refractivity contribution in [1.82, 2.24) is 20.2 Å². The quantitative estimate of drug-likeness (QED) is 0.865. The molecule has 16 heavy (non-hydrogen) atoms. The highest BCUT2D eigenvalue weighted by Gasteiger charge is 2.18. The van der Waals surface area contributed by atoms with E-state index >= 15 is 0 Å². The molecule has 0 unspecified atom stereocenters. The Hall–Kier alpha value is -0.710. The Kier molecular flexibility index (Phi) is 4.09. The molecule has 0 radical (unpaired) electrons. The summed E-state index contributed by atoms with van der Waals surface area (Å²) < 4.78 is 0. The van der Waals surface area contributed by atoms with Gasteiger partial charge in [0.25, 0.3) is 0 Å². The summed E-state index contributed by atoms with van der Waals surface area (Å²) in [5.74, 6) is 0. The van der Waals surface area contributed by atoms with Crippen LogP contribution in [0, 0.1) is 0 Å². The molecule has 1 saturated heterocycles. The Morgan fingerprint density at radius 2 is 2.31 bits per heavy atom. The third kappa shape index (κ3) is 2.90. The third-order valence-corrected chi connectivity index (χ3v) is 3.33. The highest BCUT2D eigenvalue weighted by Crippen LogP contribution is 2.15. The average molecular weight is 241 g/mol. The highest BCUT2D eigenvalue weighted by atomic mass is 35.5. The van der Waals surface area contributed by atoms with Gasteiger partial charge in [-0.25, -0.2) is 4.98 Å². The van der Waals surface area contributed by atoms with Crippen LogP contribution in [0.5, 0.6) is 0 Å². The zero-order valence-electron chi connectivity index (χ0n) is 9.49. The summed E-state index contributed by atoms with van der Waals surface area (Å²) in [6, 6.07) is 0.576. The fourth-order valence-corrected chi connectivity index (χ4v) is 2.20. The number of aromatic nitrogens is 2. The van der Waals surface area contributed by atoms with E-state index in [0.29, 0.717) is 11.2 Å². The van der Waals surface area contributed by atoms with Crippen LogP contribution in [-0.2, 0) is 6.54 Å². The van der Waals surface area contributed by atoms with Gasteiger partial charge in [-0.05, 0) is 26.4 Å². The first kappa shape index (κ1) is 11.8. The van der Waals surface area contributed by atoms with Crippen LogP contribution in [0.15, 0.2) is 12.4 Å². The zero-order chi connectivity index (χ0) is 11.4. The topological polar surface area (TPSA) is 41.1 Å². The Morgan fingerprint density at radius 1 is 1.50 bits per heavy atom. The van der Waals surface area contributed by atoms with Crippen molar-refractivity contribution < 1.29 is 0 Å². The maximum Gasteiger partial charge on any atom is 0.151 e. The molecule has 1 aromatic heterocycles. The lowest BCUT2D eigenvalue weighted by Crippen LogP contribution is -2.43. The Labute approximate surface area is 101 Å². The van der Waals surface area contributed by atoms with Crippen molar-refractivity contribution in [2.75, 3.05) is 20.1 Å². The number of nitrogens with zero attached hydrogens (tertiary/aromatic N) is 3. The van der Waals surface area contributed by atoms with E-state index in [9.17, 15) is 0 Å². The highest BCUT2D eigenvalue weighted by molar-refractivity contribution is 6.29. The first-order chi connectivity index (χ1) is 7.77. The van der Waals surface area contributed by atoms with E-state index in [0.717, 1.165) is 25.3 Å². The number of halogens is 1. The van der Waals surface area contributed by atoms with Crippen LogP contribution in [0.1, 0.15) is 18.5 Å². The van der Waals surface area contributed by atoms with Gasteiger partial charge in [0.1, 0.15) is 0 Å². The second-order valence-electron chi connectivity index (χ2n) is 4.21. The molecule has 0 amide bonds. The fourth-order valence-electron chi connectivity index (χ4n) is 2.03. The number of rotatable bonds is 3. The summed E-state index contributed by atoms with van der Waals surface area (Å²) in [5, 5.41) is 3.92. The molecule has 1 aromatic rings. The number of likely N-dealkylation sites (N-methyl/N-ethyl adjacent to an activating group) is 1. The molecule has 0 spiro atoms. The molecule has 0 bridgehead atoms. The summed E-state index contributed by atoms with van der Waals surface area (Å²) in [7, 11) is 2.11. The van der Waals surface area contributed by atoms with E-state index in [1.54, 1.807) is 12.4 Å². The van der Waals surface area contributed by atoms with Crippen LogP contribution in [0.4, 0.5) is 0 Å². The fraction of sp³-hybridized carbons (Fsp3) is 0.636. The van der Waals surface area contributed by atoms with Crippen LogP contribution in [-0.4, -0.2) is 41.0 Å². The van der Waals surface area contributed by atoms with Crippen LogP contribution >= 0.6 is 11.6 Å². The van der Waals surface area contributed by atoms with E-state index in [-0.39, 0.29) is 0 Å². The Bertz CT molecular complexity index is 339. The van der Waals surface area contributed by atoms with Crippen molar-refractivity contribution in [1.29, 1.82) is 0 Å². The van der Waals surface area contributed by atoms with Crippen LogP contribution in [0.2, 0.25) is 5.15 Å². The second-order valence-corrected chi connectivity index (χ2v) is 4.57. The maximum atomic E-state index is 5.99. The van der Waals surface area contributed by atoms with Crippen molar-refractivity contribution in [3.8, 4) is 0 Å².